The first-order chi connectivity index (χ1) is 11.0. The summed E-state index contributed by atoms with van der Waals surface area (Å²) < 4.78 is 0.949. The van der Waals surface area contributed by atoms with Crippen molar-refractivity contribution in [2.24, 2.45) is 0 Å². The van der Waals surface area contributed by atoms with Crippen molar-refractivity contribution in [2.45, 2.75) is 20.3 Å². The van der Waals surface area contributed by atoms with Gasteiger partial charge in [0.05, 0.1) is 0 Å². The molecule has 0 aliphatic carbocycles. The summed E-state index contributed by atoms with van der Waals surface area (Å²) in [5.41, 5.74) is 2.46. The molecule has 2 aromatic carbocycles. The number of halogens is 1. The van der Waals surface area contributed by atoms with Crippen LogP contribution in [0.15, 0.2) is 53.0 Å². The Morgan fingerprint density at radius 2 is 1.83 bits per heavy atom. The molecule has 0 aromatic heterocycles. The number of benzene rings is 2. The third-order valence-corrected chi connectivity index (χ3v) is 3.95. The average molecular weight is 375 g/mol. The number of para-hydroxylation sites is 1. The quantitative estimate of drug-likeness (QED) is 0.799. The van der Waals surface area contributed by atoms with Crippen LogP contribution in [0.25, 0.3) is 0 Å². The first-order valence-corrected chi connectivity index (χ1v) is 8.22. The number of anilines is 2. The highest BCUT2D eigenvalue weighted by Gasteiger charge is 2.17. The summed E-state index contributed by atoms with van der Waals surface area (Å²) in [5, 5.41) is 2.79. The lowest BCUT2D eigenvalue weighted by Gasteiger charge is -2.21. The first kappa shape index (κ1) is 17.2. The molecule has 0 heterocycles. The lowest BCUT2D eigenvalue weighted by Crippen LogP contribution is -2.33. The normalized spacial score (nSPS) is 10.2. The molecule has 0 atom stereocenters. The predicted octanol–water partition coefficient (Wildman–Crippen LogP) is 4.14. The summed E-state index contributed by atoms with van der Waals surface area (Å²) >= 11 is 3.38. The van der Waals surface area contributed by atoms with E-state index in [1.165, 1.54) is 0 Å². The van der Waals surface area contributed by atoms with Gasteiger partial charge in [0.25, 0.3) is 0 Å². The van der Waals surface area contributed by atoms with Crippen LogP contribution in [0, 0.1) is 6.92 Å². The third-order valence-electron chi connectivity index (χ3n) is 3.46. The van der Waals surface area contributed by atoms with Crippen molar-refractivity contribution < 1.29 is 9.59 Å². The molecule has 5 heteroatoms. The van der Waals surface area contributed by atoms with Gasteiger partial charge < -0.3 is 10.2 Å². The Labute approximate surface area is 144 Å². The second kappa shape index (κ2) is 7.92. The summed E-state index contributed by atoms with van der Waals surface area (Å²) in [4.78, 5) is 26.1. The molecule has 1 N–H and O–H groups in total. The molecule has 0 saturated carbocycles. The van der Waals surface area contributed by atoms with Crippen LogP contribution in [0.5, 0.6) is 0 Å². The molecule has 2 amide bonds. The average Bonchev–Trinajstić information content (AvgIpc) is 2.52. The zero-order valence-corrected chi connectivity index (χ0v) is 14.8. The lowest BCUT2D eigenvalue weighted by molar-refractivity contribution is -0.125. The molecule has 2 rings (SSSR count). The summed E-state index contributed by atoms with van der Waals surface area (Å²) in [6, 6.07) is 14.9. The van der Waals surface area contributed by atoms with Gasteiger partial charge in [0.1, 0.15) is 6.42 Å². The van der Waals surface area contributed by atoms with Crippen LogP contribution >= 0.6 is 15.9 Å². The minimum absolute atomic E-state index is 0.182. The number of rotatable bonds is 5. The van der Waals surface area contributed by atoms with Gasteiger partial charge in [-0.15, -0.1) is 0 Å². The topological polar surface area (TPSA) is 49.4 Å². The van der Waals surface area contributed by atoms with Crippen LogP contribution < -0.4 is 10.2 Å². The Kier molecular flexibility index (Phi) is 5.93. The maximum Gasteiger partial charge on any atom is 0.236 e. The van der Waals surface area contributed by atoms with Crippen LogP contribution in [0.4, 0.5) is 11.4 Å². The lowest BCUT2D eigenvalue weighted by atomic mass is 10.2. The van der Waals surface area contributed by atoms with Gasteiger partial charge >= 0.3 is 0 Å². The maximum atomic E-state index is 12.4. The summed E-state index contributed by atoms with van der Waals surface area (Å²) in [6.45, 7) is 4.32. The summed E-state index contributed by atoms with van der Waals surface area (Å²) in [7, 11) is 0. The number of carbonyl (C=O) groups is 2. The minimum atomic E-state index is -0.310. The summed E-state index contributed by atoms with van der Waals surface area (Å²) in [6.07, 6.45) is -0.182. The van der Waals surface area contributed by atoms with E-state index >= 15 is 0 Å². The van der Waals surface area contributed by atoms with Crippen molar-refractivity contribution in [1.82, 2.24) is 0 Å². The second-order valence-electron chi connectivity index (χ2n) is 5.16. The van der Waals surface area contributed by atoms with E-state index in [0.29, 0.717) is 12.2 Å². The molecule has 23 heavy (non-hydrogen) atoms. The van der Waals surface area contributed by atoms with Crippen molar-refractivity contribution in [1.29, 1.82) is 0 Å². The van der Waals surface area contributed by atoms with Crippen molar-refractivity contribution in [3.8, 4) is 0 Å². The SMILES string of the molecule is CCN(C(=O)CC(=O)Nc1ccc(Br)cc1C)c1ccccc1. The van der Waals surface area contributed by atoms with E-state index in [1.807, 2.05) is 62.4 Å². The molecule has 0 bridgehead atoms. The van der Waals surface area contributed by atoms with Gasteiger partial charge in [-0.2, -0.15) is 0 Å². The first-order valence-electron chi connectivity index (χ1n) is 7.42. The van der Waals surface area contributed by atoms with Crippen molar-refractivity contribution >= 4 is 39.1 Å². The van der Waals surface area contributed by atoms with Gasteiger partial charge in [0.15, 0.2) is 0 Å². The van der Waals surface area contributed by atoms with Crippen LogP contribution in [0.3, 0.4) is 0 Å². The number of nitrogens with zero attached hydrogens (tertiary/aromatic N) is 1. The van der Waals surface area contributed by atoms with Crippen LogP contribution in [0.1, 0.15) is 18.9 Å². The molecular weight excluding hydrogens is 356 g/mol. The van der Waals surface area contributed by atoms with E-state index in [-0.39, 0.29) is 18.2 Å². The largest absolute Gasteiger partial charge is 0.325 e. The predicted molar refractivity (Wildman–Crippen MR) is 96.6 cm³/mol. The number of nitrogens with one attached hydrogen (secondary N) is 1. The van der Waals surface area contributed by atoms with E-state index in [2.05, 4.69) is 21.2 Å². The molecule has 2 aromatic rings. The van der Waals surface area contributed by atoms with Gasteiger partial charge in [0, 0.05) is 22.4 Å². The van der Waals surface area contributed by atoms with Gasteiger partial charge in [0.2, 0.25) is 11.8 Å². The Morgan fingerprint density at radius 1 is 1.13 bits per heavy atom. The molecule has 0 saturated heterocycles. The van der Waals surface area contributed by atoms with Gasteiger partial charge in [-0.05, 0) is 49.7 Å². The van der Waals surface area contributed by atoms with Gasteiger partial charge in [-0.25, -0.2) is 0 Å². The fourth-order valence-electron chi connectivity index (χ4n) is 2.31. The molecule has 0 aliphatic rings. The zero-order chi connectivity index (χ0) is 16.8. The zero-order valence-electron chi connectivity index (χ0n) is 13.2. The highest BCUT2D eigenvalue weighted by Crippen LogP contribution is 2.20. The second-order valence-corrected chi connectivity index (χ2v) is 6.07. The highest BCUT2D eigenvalue weighted by atomic mass is 79.9. The Hall–Kier alpha value is -2.14. The van der Waals surface area contributed by atoms with E-state index in [4.69, 9.17) is 0 Å². The van der Waals surface area contributed by atoms with Crippen molar-refractivity contribution in [3.05, 3.63) is 58.6 Å². The molecule has 0 fully saturated rings. The maximum absolute atomic E-state index is 12.4. The van der Waals surface area contributed by atoms with E-state index in [1.54, 1.807) is 4.90 Å². The molecule has 120 valence electrons. The molecule has 0 aliphatic heterocycles. The fourth-order valence-corrected chi connectivity index (χ4v) is 2.78. The van der Waals surface area contributed by atoms with E-state index in [0.717, 1.165) is 15.7 Å². The number of carbonyl (C=O) groups excluding carboxylic acids is 2. The highest BCUT2D eigenvalue weighted by molar-refractivity contribution is 9.10. The number of aryl methyl sites for hydroxylation is 1. The van der Waals surface area contributed by atoms with Crippen LogP contribution in [-0.4, -0.2) is 18.4 Å². The summed E-state index contributed by atoms with van der Waals surface area (Å²) in [5.74, 6) is -0.527. The molecule has 4 nitrogen and oxygen atoms in total. The van der Waals surface area contributed by atoms with Crippen LogP contribution in [0.2, 0.25) is 0 Å². The van der Waals surface area contributed by atoms with Gasteiger partial charge in [-0.1, -0.05) is 34.1 Å². The Balaban J connectivity index is 2.02. The molecule has 0 radical (unpaired) electrons. The molecular formula is C18H19BrN2O2. The molecule has 0 unspecified atom stereocenters. The van der Waals surface area contributed by atoms with Crippen molar-refractivity contribution in [3.63, 3.8) is 0 Å². The minimum Gasteiger partial charge on any atom is -0.325 e. The van der Waals surface area contributed by atoms with E-state index < -0.39 is 0 Å². The van der Waals surface area contributed by atoms with Crippen molar-refractivity contribution in [2.75, 3.05) is 16.8 Å². The van der Waals surface area contributed by atoms with Gasteiger partial charge in [-0.3, -0.25) is 9.59 Å². The standard InChI is InChI=1S/C18H19BrN2O2/c1-3-21(15-7-5-4-6-8-15)18(23)12-17(22)20-16-10-9-14(19)11-13(16)2/h4-11H,3,12H2,1-2H3,(H,20,22). The Morgan fingerprint density at radius 3 is 2.43 bits per heavy atom. The number of amides is 2. The number of hydrogen-bond acceptors (Lipinski definition) is 2. The third kappa shape index (κ3) is 4.66. The monoisotopic (exact) mass is 374 g/mol. The number of hydrogen-bond donors (Lipinski definition) is 1. The van der Waals surface area contributed by atoms with E-state index in [9.17, 15) is 9.59 Å². The smallest absolute Gasteiger partial charge is 0.236 e. The fraction of sp³-hybridized carbons (Fsp3) is 0.222. The van der Waals surface area contributed by atoms with Crippen LogP contribution in [-0.2, 0) is 9.59 Å². The molecule has 0 spiro atoms. The Bertz CT molecular complexity index is 701.